The topological polar surface area (TPSA) is 95.9 Å². The molecule has 4 aromatic rings. The number of likely N-dealkylation sites (tertiary alicyclic amines) is 2. The van der Waals surface area contributed by atoms with Gasteiger partial charge >= 0.3 is 0 Å². The Kier molecular flexibility index (Phi) is 11.0. The van der Waals surface area contributed by atoms with Crippen molar-refractivity contribution in [3.05, 3.63) is 93.1 Å². The number of halogens is 2. The van der Waals surface area contributed by atoms with E-state index < -0.39 is 5.82 Å². The van der Waals surface area contributed by atoms with Gasteiger partial charge in [-0.2, -0.15) is 0 Å². The molecule has 0 radical (unpaired) electrons. The van der Waals surface area contributed by atoms with Gasteiger partial charge in [0.25, 0.3) is 5.56 Å². The molecule has 2 N–H and O–H groups in total. The van der Waals surface area contributed by atoms with Crippen molar-refractivity contribution in [1.29, 1.82) is 0 Å². The summed E-state index contributed by atoms with van der Waals surface area (Å²) in [6.45, 7) is 6.06. The van der Waals surface area contributed by atoms with Gasteiger partial charge in [0.05, 0.1) is 7.11 Å². The predicted molar refractivity (Wildman–Crippen MR) is 203 cm³/mol. The number of piperidine rings is 3. The summed E-state index contributed by atoms with van der Waals surface area (Å²) in [5.74, 6) is 1.09. The lowest BCUT2D eigenvalue weighted by molar-refractivity contribution is -0.133. The molecule has 11 heteroatoms. The summed E-state index contributed by atoms with van der Waals surface area (Å²) in [7, 11) is 3.34. The van der Waals surface area contributed by atoms with Gasteiger partial charge in [0.1, 0.15) is 17.6 Å². The summed E-state index contributed by atoms with van der Waals surface area (Å²) < 4.78 is 21.6. The number of methoxy groups -OCH3 is 1. The Morgan fingerprint density at radius 2 is 1.63 bits per heavy atom. The number of rotatable bonds is 10. The van der Waals surface area contributed by atoms with Crippen molar-refractivity contribution in [1.82, 2.24) is 19.7 Å². The molecule has 0 aliphatic carbocycles. The Bertz CT molecular complexity index is 2000. The van der Waals surface area contributed by atoms with Crippen LogP contribution in [0.3, 0.4) is 0 Å². The largest absolute Gasteiger partial charge is 0.496 e. The van der Waals surface area contributed by atoms with Gasteiger partial charge in [-0.05, 0) is 142 Å². The molecular weight excluding hydrogens is 681 g/mol. The lowest BCUT2D eigenvalue weighted by Gasteiger charge is -2.35. The first-order chi connectivity index (χ1) is 25.1. The Labute approximate surface area is 309 Å². The zero-order chi connectivity index (χ0) is 36.4. The van der Waals surface area contributed by atoms with E-state index >= 15 is 0 Å². The maximum atomic E-state index is 14.3. The summed E-state index contributed by atoms with van der Waals surface area (Å²) in [6.07, 6.45) is 8.44. The first-order valence-electron chi connectivity index (χ1n) is 18.5. The van der Waals surface area contributed by atoms with Gasteiger partial charge < -0.3 is 19.5 Å². The number of benzene rings is 3. The molecule has 52 heavy (non-hydrogen) atoms. The van der Waals surface area contributed by atoms with Gasteiger partial charge in [0.2, 0.25) is 11.8 Å². The monoisotopic (exact) mass is 727 g/mol. The van der Waals surface area contributed by atoms with Crippen LogP contribution in [0.5, 0.6) is 5.75 Å². The van der Waals surface area contributed by atoms with E-state index in [1.165, 1.54) is 34.8 Å². The molecule has 0 bridgehead atoms. The minimum absolute atomic E-state index is 0.177. The number of ether oxygens (including phenoxy) is 1. The highest BCUT2D eigenvalue weighted by molar-refractivity contribution is 6.32. The Balaban J connectivity index is 0.881. The van der Waals surface area contributed by atoms with Crippen molar-refractivity contribution in [3.8, 4) is 16.9 Å². The molecule has 3 aliphatic rings. The Morgan fingerprint density at radius 3 is 2.35 bits per heavy atom. The summed E-state index contributed by atoms with van der Waals surface area (Å²) in [4.78, 5) is 41.3. The van der Waals surface area contributed by atoms with Crippen LogP contribution in [0.2, 0.25) is 5.02 Å². The molecule has 0 saturated carbocycles. The number of carbonyl (C=O) groups excluding carboxylic acids is 2. The zero-order valence-electron chi connectivity index (χ0n) is 29.9. The number of nitrogens with one attached hydrogen (secondary N) is 2. The fraction of sp³-hybridized carbons (Fsp3) is 0.439. The number of fused-ring (bicyclic) bond motifs is 1. The first kappa shape index (κ1) is 36.1. The fourth-order valence-corrected chi connectivity index (χ4v) is 8.44. The molecule has 9 nitrogen and oxygen atoms in total. The highest BCUT2D eigenvalue weighted by Gasteiger charge is 2.27. The van der Waals surface area contributed by atoms with E-state index in [1.807, 2.05) is 12.1 Å². The number of aryl methyl sites for hydroxylation is 1. The maximum Gasteiger partial charge on any atom is 0.258 e. The standard InChI is InChI=1S/C41H47ClFN5O4/c1-46-24-34(33-23-30(43)5-8-32(33)41(46)51)29-21-36(42)35(38(22-29)52-2)25-48-17-12-26(13-18-48)11-16-47-19-14-28(15-20-47)27-3-6-31(7-4-27)44-37-9-10-39(49)45-40(37)50/h3-8,21-24,26,28,37,44H,9-20,25H2,1-2H3,(H,45,49,50). The average molecular weight is 728 g/mol. The molecule has 4 heterocycles. The normalized spacial score (nSPS) is 19.6. The van der Waals surface area contributed by atoms with Crippen LogP contribution in [0.15, 0.2) is 65.6 Å². The second kappa shape index (κ2) is 15.8. The first-order valence-corrected chi connectivity index (χ1v) is 18.8. The number of pyridine rings is 1. The quantitative estimate of drug-likeness (QED) is 0.176. The van der Waals surface area contributed by atoms with E-state index in [1.54, 1.807) is 20.4 Å². The molecule has 1 unspecified atom stereocenters. The Hall–Kier alpha value is -4.25. The third-order valence-corrected chi connectivity index (χ3v) is 11.7. The van der Waals surface area contributed by atoms with Crippen LogP contribution in [0, 0.1) is 11.7 Å². The number of hydrogen-bond acceptors (Lipinski definition) is 7. The van der Waals surface area contributed by atoms with E-state index in [0.717, 1.165) is 80.8 Å². The number of carbonyl (C=O) groups is 2. The van der Waals surface area contributed by atoms with E-state index in [9.17, 15) is 18.8 Å². The lowest BCUT2D eigenvalue weighted by atomic mass is 9.88. The summed E-state index contributed by atoms with van der Waals surface area (Å²) in [5.41, 5.74) is 4.52. The van der Waals surface area contributed by atoms with Crippen LogP contribution in [-0.2, 0) is 23.2 Å². The fourth-order valence-electron chi connectivity index (χ4n) is 8.17. The number of nitrogens with zero attached hydrogens (tertiary/aromatic N) is 3. The minimum Gasteiger partial charge on any atom is -0.496 e. The van der Waals surface area contributed by atoms with Crippen molar-refractivity contribution in [2.45, 2.75) is 63.5 Å². The number of imide groups is 1. The molecule has 7 rings (SSSR count). The smallest absolute Gasteiger partial charge is 0.258 e. The molecule has 0 spiro atoms. The van der Waals surface area contributed by atoms with Crippen LogP contribution >= 0.6 is 11.6 Å². The van der Waals surface area contributed by atoms with Gasteiger partial charge in [0, 0.05) is 53.4 Å². The van der Waals surface area contributed by atoms with Gasteiger partial charge in [0.15, 0.2) is 0 Å². The van der Waals surface area contributed by atoms with Crippen molar-refractivity contribution < 1.29 is 18.7 Å². The van der Waals surface area contributed by atoms with E-state index in [-0.39, 0.29) is 23.4 Å². The van der Waals surface area contributed by atoms with E-state index in [2.05, 4.69) is 44.7 Å². The highest BCUT2D eigenvalue weighted by atomic mass is 35.5. The summed E-state index contributed by atoms with van der Waals surface area (Å²) >= 11 is 6.92. The second-order valence-corrected chi connectivity index (χ2v) is 15.1. The lowest BCUT2D eigenvalue weighted by Crippen LogP contribution is -2.47. The molecule has 3 fully saturated rings. The van der Waals surface area contributed by atoms with Crippen LogP contribution in [0.4, 0.5) is 10.1 Å². The van der Waals surface area contributed by atoms with Crippen LogP contribution < -0.4 is 20.9 Å². The van der Waals surface area contributed by atoms with Crippen molar-refractivity contribution in [2.24, 2.45) is 13.0 Å². The van der Waals surface area contributed by atoms with Crippen molar-refractivity contribution in [2.75, 3.05) is 45.2 Å². The van der Waals surface area contributed by atoms with Gasteiger partial charge in [-0.3, -0.25) is 24.6 Å². The number of amides is 2. The van der Waals surface area contributed by atoms with Gasteiger partial charge in [-0.1, -0.05) is 23.7 Å². The van der Waals surface area contributed by atoms with Crippen LogP contribution in [0.25, 0.3) is 21.9 Å². The van der Waals surface area contributed by atoms with E-state index in [0.29, 0.717) is 52.8 Å². The summed E-state index contributed by atoms with van der Waals surface area (Å²) in [5, 5.41) is 7.28. The highest BCUT2D eigenvalue weighted by Crippen LogP contribution is 2.37. The second-order valence-electron chi connectivity index (χ2n) is 14.7. The Morgan fingerprint density at radius 1 is 0.904 bits per heavy atom. The van der Waals surface area contributed by atoms with Gasteiger partial charge in [-0.25, -0.2) is 4.39 Å². The summed E-state index contributed by atoms with van der Waals surface area (Å²) in [6, 6.07) is 16.2. The third kappa shape index (κ3) is 8.04. The third-order valence-electron chi connectivity index (χ3n) is 11.3. The average Bonchev–Trinajstić information content (AvgIpc) is 3.15. The van der Waals surface area contributed by atoms with Crippen LogP contribution in [0.1, 0.15) is 62.0 Å². The maximum absolute atomic E-state index is 14.3. The molecule has 3 saturated heterocycles. The van der Waals surface area contributed by atoms with Crippen LogP contribution in [-0.4, -0.2) is 72.1 Å². The SMILES string of the molecule is COc1cc(-c2cn(C)c(=O)c3ccc(F)cc23)cc(Cl)c1CN1CCC(CCN2CCC(c3ccc(NC4CCC(=O)NC4=O)cc3)CC2)CC1. The zero-order valence-corrected chi connectivity index (χ0v) is 30.7. The minimum atomic E-state index is -0.396. The molecule has 1 aromatic heterocycles. The molecule has 1 atom stereocenters. The molecule has 3 aromatic carbocycles. The number of anilines is 1. The van der Waals surface area contributed by atoms with Crippen molar-refractivity contribution in [3.63, 3.8) is 0 Å². The molecular formula is C41H47ClFN5O4. The molecule has 2 amide bonds. The molecule has 274 valence electrons. The van der Waals surface area contributed by atoms with Crippen molar-refractivity contribution >= 4 is 39.9 Å². The van der Waals surface area contributed by atoms with Gasteiger partial charge in [-0.15, -0.1) is 0 Å². The number of aromatic nitrogens is 1. The predicted octanol–water partition coefficient (Wildman–Crippen LogP) is 6.71. The van der Waals surface area contributed by atoms with E-state index in [4.69, 9.17) is 16.3 Å². The number of hydrogen-bond donors (Lipinski definition) is 2. The molecule has 3 aliphatic heterocycles.